The monoisotopic (exact) mass is 220 g/mol. The van der Waals surface area contributed by atoms with Gasteiger partial charge >= 0.3 is 0 Å². The Balaban J connectivity index is 2.58. The van der Waals surface area contributed by atoms with E-state index in [1.54, 1.807) is 19.2 Å². The quantitative estimate of drug-likeness (QED) is 0.841. The molecule has 0 saturated heterocycles. The predicted molar refractivity (Wildman–Crippen MR) is 58.9 cm³/mol. The first-order valence-corrected chi connectivity index (χ1v) is 5.05. The molecule has 2 aromatic rings. The van der Waals surface area contributed by atoms with Gasteiger partial charge in [-0.25, -0.2) is 9.07 Å². The summed E-state index contributed by atoms with van der Waals surface area (Å²) < 4.78 is 15.1. The summed E-state index contributed by atoms with van der Waals surface area (Å²) in [4.78, 5) is 0. The molecule has 16 heavy (non-hydrogen) atoms. The van der Waals surface area contributed by atoms with Gasteiger partial charge in [0, 0.05) is 11.8 Å². The maximum absolute atomic E-state index is 13.7. The smallest absolute Gasteiger partial charge is 0.149 e. The standard InChI is InChI=1S/C12H13FN2O/c1-8-4-3-5-11(13)12(8)15-6-10(7-16)9(2)14-15/h3-6,16H,7H2,1-2H3. The van der Waals surface area contributed by atoms with Gasteiger partial charge in [-0.3, -0.25) is 0 Å². The maximum Gasteiger partial charge on any atom is 0.149 e. The number of aryl methyl sites for hydroxylation is 2. The normalized spacial score (nSPS) is 10.8. The molecule has 0 amide bonds. The highest BCUT2D eigenvalue weighted by atomic mass is 19.1. The third-order valence-corrected chi connectivity index (χ3v) is 2.59. The van der Waals surface area contributed by atoms with Crippen LogP contribution in [-0.4, -0.2) is 14.9 Å². The first-order chi connectivity index (χ1) is 7.63. The minimum Gasteiger partial charge on any atom is -0.392 e. The van der Waals surface area contributed by atoms with Crippen LogP contribution in [0.5, 0.6) is 0 Å². The average molecular weight is 220 g/mol. The second-order valence-electron chi connectivity index (χ2n) is 3.75. The van der Waals surface area contributed by atoms with E-state index in [0.717, 1.165) is 5.56 Å². The van der Waals surface area contributed by atoms with Gasteiger partial charge < -0.3 is 5.11 Å². The van der Waals surface area contributed by atoms with Crippen LogP contribution in [0.15, 0.2) is 24.4 Å². The van der Waals surface area contributed by atoms with Gasteiger partial charge in [-0.15, -0.1) is 0 Å². The number of halogens is 1. The summed E-state index contributed by atoms with van der Waals surface area (Å²) in [5.41, 5.74) is 2.67. The number of hydrogen-bond donors (Lipinski definition) is 1. The number of aliphatic hydroxyl groups excluding tert-OH is 1. The van der Waals surface area contributed by atoms with Gasteiger partial charge in [-0.05, 0) is 25.5 Å². The van der Waals surface area contributed by atoms with E-state index in [-0.39, 0.29) is 12.4 Å². The molecule has 0 bridgehead atoms. The van der Waals surface area contributed by atoms with E-state index in [2.05, 4.69) is 5.10 Å². The number of aliphatic hydroxyl groups is 1. The fourth-order valence-corrected chi connectivity index (χ4v) is 1.68. The van der Waals surface area contributed by atoms with E-state index in [9.17, 15) is 4.39 Å². The molecule has 2 rings (SSSR count). The number of hydrogen-bond acceptors (Lipinski definition) is 2. The van der Waals surface area contributed by atoms with Crippen molar-refractivity contribution in [2.75, 3.05) is 0 Å². The van der Waals surface area contributed by atoms with Crippen LogP contribution in [-0.2, 0) is 6.61 Å². The number of benzene rings is 1. The third-order valence-electron chi connectivity index (χ3n) is 2.59. The fraction of sp³-hybridized carbons (Fsp3) is 0.250. The Labute approximate surface area is 93.2 Å². The van der Waals surface area contributed by atoms with E-state index in [1.165, 1.54) is 10.7 Å². The lowest BCUT2D eigenvalue weighted by molar-refractivity contribution is 0.281. The Morgan fingerprint density at radius 3 is 2.69 bits per heavy atom. The molecule has 0 spiro atoms. The summed E-state index contributed by atoms with van der Waals surface area (Å²) in [6, 6.07) is 4.89. The summed E-state index contributed by atoms with van der Waals surface area (Å²) in [5, 5.41) is 13.3. The average Bonchev–Trinajstić information content (AvgIpc) is 2.59. The molecule has 0 unspecified atom stereocenters. The third kappa shape index (κ3) is 1.72. The Morgan fingerprint density at radius 2 is 2.12 bits per heavy atom. The molecule has 0 aliphatic carbocycles. The van der Waals surface area contributed by atoms with Crippen LogP contribution in [0.4, 0.5) is 4.39 Å². The predicted octanol–water partition coefficient (Wildman–Crippen LogP) is 2.12. The molecule has 84 valence electrons. The van der Waals surface area contributed by atoms with Gasteiger partial charge in [0.05, 0.1) is 12.3 Å². The number of aromatic nitrogens is 2. The highest BCUT2D eigenvalue weighted by Gasteiger charge is 2.11. The molecule has 3 nitrogen and oxygen atoms in total. The molecule has 1 N–H and O–H groups in total. The minimum atomic E-state index is -0.313. The SMILES string of the molecule is Cc1cccc(F)c1-n1cc(CO)c(C)n1. The molecule has 0 fully saturated rings. The fourth-order valence-electron chi connectivity index (χ4n) is 1.68. The van der Waals surface area contributed by atoms with Gasteiger partial charge in [0.1, 0.15) is 11.5 Å². The zero-order chi connectivity index (χ0) is 11.7. The second-order valence-corrected chi connectivity index (χ2v) is 3.75. The van der Waals surface area contributed by atoms with Crippen LogP contribution in [0.1, 0.15) is 16.8 Å². The van der Waals surface area contributed by atoms with Crippen LogP contribution in [0.2, 0.25) is 0 Å². The van der Waals surface area contributed by atoms with E-state index in [0.29, 0.717) is 16.9 Å². The van der Waals surface area contributed by atoms with Crippen LogP contribution >= 0.6 is 0 Å². The molecule has 0 aliphatic heterocycles. The Morgan fingerprint density at radius 1 is 1.38 bits per heavy atom. The Bertz CT molecular complexity index is 499. The molecule has 0 atom stereocenters. The van der Waals surface area contributed by atoms with Crippen molar-refractivity contribution in [1.29, 1.82) is 0 Å². The minimum absolute atomic E-state index is 0.0840. The zero-order valence-corrected chi connectivity index (χ0v) is 9.24. The topological polar surface area (TPSA) is 38.0 Å². The van der Waals surface area contributed by atoms with Gasteiger partial charge in [0.25, 0.3) is 0 Å². The molecular formula is C12H13FN2O. The van der Waals surface area contributed by atoms with E-state index >= 15 is 0 Å². The summed E-state index contributed by atoms with van der Waals surface area (Å²) in [6.45, 7) is 3.53. The Kier molecular flexibility index (Phi) is 2.75. The highest BCUT2D eigenvalue weighted by Crippen LogP contribution is 2.19. The van der Waals surface area contributed by atoms with Crippen molar-refractivity contribution in [3.63, 3.8) is 0 Å². The summed E-state index contributed by atoms with van der Waals surface area (Å²) in [6.07, 6.45) is 1.65. The molecule has 4 heteroatoms. The maximum atomic E-state index is 13.7. The number of para-hydroxylation sites is 1. The summed E-state index contributed by atoms with van der Waals surface area (Å²) in [5.74, 6) is -0.313. The van der Waals surface area contributed by atoms with Gasteiger partial charge in [-0.1, -0.05) is 12.1 Å². The van der Waals surface area contributed by atoms with Crippen LogP contribution in [0, 0.1) is 19.7 Å². The molecule has 0 saturated carbocycles. The largest absolute Gasteiger partial charge is 0.392 e. The lowest BCUT2D eigenvalue weighted by atomic mass is 10.2. The molecule has 1 aromatic carbocycles. The second kappa shape index (κ2) is 4.06. The van der Waals surface area contributed by atoms with Crippen molar-refractivity contribution < 1.29 is 9.50 Å². The van der Waals surface area contributed by atoms with Gasteiger partial charge in [-0.2, -0.15) is 5.10 Å². The number of nitrogens with zero attached hydrogens (tertiary/aromatic N) is 2. The summed E-state index contributed by atoms with van der Waals surface area (Å²) in [7, 11) is 0. The van der Waals surface area contributed by atoms with Crippen LogP contribution in [0.3, 0.4) is 0 Å². The molecule has 1 aromatic heterocycles. The van der Waals surface area contributed by atoms with Crippen molar-refractivity contribution in [1.82, 2.24) is 9.78 Å². The molecular weight excluding hydrogens is 207 g/mol. The lowest BCUT2D eigenvalue weighted by Crippen LogP contribution is -2.01. The van der Waals surface area contributed by atoms with E-state index in [1.807, 2.05) is 13.0 Å². The van der Waals surface area contributed by atoms with Crippen molar-refractivity contribution in [2.45, 2.75) is 20.5 Å². The van der Waals surface area contributed by atoms with E-state index in [4.69, 9.17) is 5.11 Å². The summed E-state index contributed by atoms with van der Waals surface area (Å²) >= 11 is 0. The van der Waals surface area contributed by atoms with Gasteiger partial charge in [0.15, 0.2) is 0 Å². The van der Waals surface area contributed by atoms with Crippen molar-refractivity contribution in [3.8, 4) is 5.69 Å². The molecule has 0 aliphatic rings. The van der Waals surface area contributed by atoms with Crippen LogP contribution in [0.25, 0.3) is 5.69 Å². The van der Waals surface area contributed by atoms with Crippen LogP contribution < -0.4 is 0 Å². The Hall–Kier alpha value is -1.68. The molecule has 1 heterocycles. The van der Waals surface area contributed by atoms with E-state index < -0.39 is 0 Å². The van der Waals surface area contributed by atoms with Crippen molar-refractivity contribution in [3.05, 3.63) is 47.0 Å². The molecule has 0 radical (unpaired) electrons. The van der Waals surface area contributed by atoms with Crippen molar-refractivity contribution in [2.24, 2.45) is 0 Å². The lowest BCUT2D eigenvalue weighted by Gasteiger charge is -2.06. The van der Waals surface area contributed by atoms with Gasteiger partial charge in [0.2, 0.25) is 0 Å². The van der Waals surface area contributed by atoms with Crippen molar-refractivity contribution >= 4 is 0 Å². The first kappa shape index (κ1) is 10.8. The highest BCUT2D eigenvalue weighted by molar-refractivity contribution is 5.41. The number of rotatable bonds is 2. The first-order valence-electron chi connectivity index (χ1n) is 5.05. The zero-order valence-electron chi connectivity index (χ0n) is 9.24.